The maximum Gasteiger partial charge on any atom is 0.127 e. The third-order valence-corrected chi connectivity index (χ3v) is 2.60. The SMILES string of the molecule is OC[C@@]12CO[C@@H](C1)[C@@H](F)C2. The molecule has 2 nitrogen and oxygen atoms in total. The van der Waals surface area contributed by atoms with Crippen LogP contribution >= 0.6 is 0 Å². The van der Waals surface area contributed by atoms with E-state index in [2.05, 4.69) is 0 Å². The topological polar surface area (TPSA) is 29.5 Å². The summed E-state index contributed by atoms with van der Waals surface area (Å²) in [5.74, 6) is 0. The van der Waals surface area contributed by atoms with Crippen molar-refractivity contribution >= 4 is 0 Å². The Morgan fingerprint density at radius 3 is 2.70 bits per heavy atom. The summed E-state index contributed by atoms with van der Waals surface area (Å²) in [6, 6.07) is 0. The lowest BCUT2D eigenvalue weighted by Crippen LogP contribution is -2.29. The summed E-state index contributed by atoms with van der Waals surface area (Å²) < 4.78 is 17.9. The van der Waals surface area contributed by atoms with E-state index in [1.807, 2.05) is 0 Å². The van der Waals surface area contributed by atoms with Gasteiger partial charge in [0.05, 0.1) is 19.3 Å². The van der Waals surface area contributed by atoms with Gasteiger partial charge in [-0.25, -0.2) is 4.39 Å². The Bertz CT molecular complexity index is 147. The van der Waals surface area contributed by atoms with E-state index < -0.39 is 6.17 Å². The van der Waals surface area contributed by atoms with Crippen LogP contribution in [0.2, 0.25) is 0 Å². The van der Waals surface area contributed by atoms with Crippen molar-refractivity contribution in [3.63, 3.8) is 0 Å². The summed E-state index contributed by atoms with van der Waals surface area (Å²) >= 11 is 0. The van der Waals surface area contributed by atoms with Gasteiger partial charge in [0.25, 0.3) is 0 Å². The van der Waals surface area contributed by atoms with Gasteiger partial charge in [-0.1, -0.05) is 0 Å². The Hall–Kier alpha value is -0.150. The molecule has 2 aliphatic rings. The lowest BCUT2D eigenvalue weighted by atomic mass is 9.89. The third-order valence-electron chi connectivity index (χ3n) is 2.60. The molecule has 1 aliphatic heterocycles. The lowest BCUT2D eigenvalue weighted by molar-refractivity contribution is -0.0191. The van der Waals surface area contributed by atoms with Crippen LogP contribution in [0.1, 0.15) is 12.8 Å². The predicted octanol–water partition coefficient (Wildman–Crippen LogP) is 0.496. The molecule has 0 amide bonds. The number of fused-ring (bicyclic) bond motifs is 2. The van der Waals surface area contributed by atoms with Crippen molar-refractivity contribution in [1.29, 1.82) is 0 Å². The summed E-state index contributed by atoms with van der Waals surface area (Å²) in [6.07, 6.45) is 0.159. The molecule has 0 unspecified atom stereocenters. The molecule has 0 aromatic heterocycles. The van der Waals surface area contributed by atoms with Crippen molar-refractivity contribution < 1.29 is 14.2 Å². The van der Waals surface area contributed by atoms with E-state index in [1.54, 1.807) is 0 Å². The Labute approximate surface area is 59.0 Å². The van der Waals surface area contributed by atoms with Gasteiger partial charge in [0, 0.05) is 5.41 Å². The van der Waals surface area contributed by atoms with Gasteiger partial charge in [-0.2, -0.15) is 0 Å². The first-order valence-corrected chi connectivity index (χ1v) is 3.62. The zero-order valence-electron chi connectivity index (χ0n) is 5.72. The van der Waals surface area contributed by atoms with E-state index in [1.165, 1.54) is 0 Å². The van der Waals surface area contributed by atoms with Gasteiger partial charge in [-0.3, -0.25) is 0 Å². The standard InChI is InChI=1S/C7H11FO2/c8-5-1-7(3-9)2-6(5)10-4-7/h5-6,9H,1-4H2/t5-,6-,7-/m0/s1. The van der Waals surface area contributed by atoms with E-state index >= 15 is 0 Å². The predicted molar refractivity (Wildman–Crippen MR) is 33.4 cm³/mol. The highest BCUT2D eigenvalue weighted by molar-refractivity contribution is 5.00. The van der Waals surface area contributed by atoms with E-state index in [0.717, 1.165) is 0 Å². The van der Waals surface area contributed by atoms with Crippen LogP contribution in [0, 0.1) is 5.41 Å². The summed E-state index contributed by atoms with van der Waals surface area (Å²) in [4.78, 5) is 0. The quantitative estimate of drug-likeness (QED) is 0.583. The number of ether oxygens (including phenoxy) is 1. The Morgan fingerprint density at radius 1 is 1.60 bits per heavy atom. The van der Waals surface area contributed by atoms with Gasteiger partial charge in [-0.05, 0) is 12.8 Å². The molecule has 1 aliphatic carbocycles. The number of alkyl halides is 1. The molecule has 10 heavy (non-hydrogen) atoms. The monoisotopic (exact) mass is 146 g/mol. The van der Waals surface area contributed by atoms with E-state index in [-0.39, 0.29) is 18.1 Å². The summed E-state index contributed by atoms with van der Waals surface area (Å²) in [5.41, 5.74) is -0.218. The molecule has 2 rings (SSSR count). The minimum atomic E-state index is -0.833. The molecule has 58 valence electrons. The first-order valence-electron chi connectivity index (χ1n) is 3.62. The zero-order chi connectivity index (χ0) is 7.19. The molecule has 0 spiro atoms. The number of hydrogen-bond donors (Lipinski definition) is 1. The second kappa shape index (κ2) is 1.92. The second-order valence-corrected chi connectivity index (χ2v) is 3.43. The van der Waals surface area contributed by atoms with Gasteiger partial charge in [0.15, 0.2) is 0 Å². The van der Waals surface area contributed by atoms with Gasteiger partial charge in [0.2, 0.25) is 0 Å². The van der Waals surface area contributed by atoms with Crippen LogP contribution < -0.4 is 0 Å². The highest BCUT2D eigenvalue weighted by Crippen LogP contribution is 2.46. The van der Waals surface area contributed by atoms with Crippen LogP contribution in [0.15, 0.2) is 0 Å². The first kappa shape index (κ1) is 6.55. The van der Waals surface area contributed by atoms with E-state index in [9.17, 15) is 4.39 Å². The van der Waals surface area contributed by atoms with Crippen LogP contribution in [0.3, 0.4) is 0 Å². The number of hydrogen-bond acceptors (Lipinski definition) is 2. The van der Waals surface area contributed by atoms with Gasteiger partial charge >= 0.3 is 0 Å². The second-order valence-electron chi connectivity index (χ2n) is 3.43. The van der Waals surface area contributed by atoms with Crippen molar-refractivity contribution in [3.8, 4) is 0 Å². The summed E-state index contributed by atoms with van der Waals surface area (Å²) in [7, 11) is 0. The van der Waals surface area contributed by atoms with Crippen LogP contribution in [0.25, 0.3) is 0 Å². The van der Waals surface area contributed by atoms with Gasteiger partial charge < -0.3 is 9.84 Å². The molecular weight excluding hydrogens is 135 g/mol. The summed E-state index contributed by atoms with van der Waals surface area (Å²) in [6.45, 7) is 0.624. The van der Waals surface area contributed by atoms with Crippen LogP contribution in [-0.2, 0) is 4.74 Å². The largest absolute Gasteiger partial charge is 0.396 e. The molecule has 1 N–H and O–H groups in total. The molecule has 2 bridgehead atoms. The lowest BCUT2D eigenvalue weighted by Gasteiger charge is -2.23. The highest BCUT2D eigenvalue weighted by atomic mass is 19.1. The number of rotatable bonds is 1. The zero-order valence-corrected chi connectivity index (χ0v) is 5.72. The molecule has 1 saturated carbocycles. The number of aliphatic hydroxyl groups is 1. The van der Waals surface area contributed by atoms with Crippen molar-refractivity contribution in [3.05, 3.63) is 0 Å². The van der Waals surface area contributed by atoms with Crippen LogP contribution in [0.4, 0.5) is 4.39 Å². The Balaban J connectivity index is 2.14. The smallest absolute Gasteiger partial charge is 0.127 e. The average molecular weight is 146 g/mol. The van der Waals surface area contributed by atoms with E-state index in [4.69, 9.17) is 9.84 Å². The van der Waals surface area contributed by atoms with Crippen LogP contribution in [0.5, 0.6) is 0 Å². The fourth-order valence-electron chi connectivity index (χ4n) is 1.92. The molecule has 3 atom stereocenters. The molecule has 0 aromatic carbocycles. The number of aliphatic hydroxyl groups excluding tert-OH is 1. The van der Waals surface area contributed by atoms with Gasteiger partial charge in [-0.15, -0.1) is 0 Å². The number of halogens is 1. The molecule has 0 radical (unpaired) electrons. The molecular formula is C7H11FO2. The van der Waals surface area contributed by atoms with Crippen molar-refractivity contribution in [2.75, 3.05) is 13.2 Å². The van der Waals surface area contributed by atoms with Crippen molar-refractivity contribution in [1.82, 2.24) is 0 Å². The van der Waals surface area contributed by atoms with E-state index in [0.29, 0.717) is 19.4 Å². The minimum absolute atomic E-state index is 0.0733. The summed E-state index contributed by atoms with van der Waals surface area (Å²) in [5, 5.41) is 8.91. The molecule has 1 heterocycles. The molecule has 0 aromatic rings. The highest BCUT2D eigenvalue weighted by Gasteiger charge is 2.51. The van der Waals surface area contributed by atoms with Crippen molar-refractivity contribution in [2.45, 2.75) is 25.1 Å². The maximum absolute atomic E-state index is 12.8. The maximum atomic E-state index is 12.8. The Morgan fingerprint density at radius 2 is 2.40 bits per heavy atom. The first-order chi connectivity index (χ1) is 4.76. The third kappa shape index (κ3) is 0.705. The molecule has 3 heteroatoms. The average Bonchev–Trinajstić information content (AvgIpc) is 2.45. The minimum Gasteiger partial charge on any atom is -0.396 e. The van der Waals surface area contributed by atoms with Crippen LogP contribution in [-0.4, -0.2) is 30.6 Å². The fourth-order valence-corrected chi connectivity index (χ4v) is 1.92. The Kier molecular flexibility index (Phi) is 1.26. The van der Waals surface area contributed by atoms with Gasteiger partial charge in [0.1, 0.15) is 6.17 Å². The molecule has 1 saturated heterocycles. The normalized spacial score (nSPS) is 52.2. The fraction of sp³-hybridized carbons (Fsp3) is 1.00. The van der Waals surface area contributed by atoms with Crippen molar-refractivity contribution in [2.24, 2.45) is 5.41 Å². The molecule has 2 fully saturated rings.